The number of carbonyl (C=O) groups excluding carboxylic acids is 1. The number of benzene rings is 1. The Bertz CT molecular complexity index is 1050. The highest BCUT2D eigenvalue weighted by molar-refractivity contribution is 7.89. The molecule has 1 amide bonds. The molecule has 0 aliphatic carbocycles. The quantitative estimate of drug-likeness (QED) is 0.652. The molecule has 0 N–H and O–H groups in total. The van der Waals surface area contributed by atoms with Crippen LogP contribution in [-0.2, 0) is 16.6 Å². The first kappa shape index (κ1) is 22.9. The van der Waals surface area contributed by atoms with Gasteiger partial charge in [-0.15, -0.1) is 0 Å². The molecular weight excluding hydrogens is 426 g/mol. The van der Waals surface area contributed by atoms with E-state index in [4.69, 9.17) is 4.42 Å². The van der Waals surface area contributed by atoms with E-state index in [9.17, 15) is 13.2 Å². The second-order valence-electron chi connectivity index (χ2n) is 8.87. The van der Waals surface area contributed by atoms with Crippen molar-refractivity contribution in [2.24, 2.45) is 0 Å². The van der Waals surface area contributed by atoms with Crippen molar-refractivity contribution in [3.05, 3.63) is 47.4 Å². The van der Waals surface area contributed by atoms with E-state index in [0.29, 0.717) is 31.0 Å². The van der Waals surface area contributed by atoms with Crippen molar-refractivity contribution in [3.63, 3.8) is 0 Å². The van der Waals surface area contributed by atoms with Crippen LogP contribution in [0.3, 0.4) is 0 Å². The molecule has 1 aromatic heterocycles. The maximum atomic E-state index is 13.6. The highest BCUT2D eigenvalue weighted by Crippen LogP contribution is 2.32. The van der Waals surface area contributed by atoms with Crippen LogP contribution in [0.5, 0.6) is 0 Å². The lowest BCUT2D eigenvalue weighted by molar-refractivity contribution is 0.0774. The summed E-state index contributed by atoms with van der Waals surface area (Å²) in [5.74, 6) is 1.27. The third-order valence-electron chi connectivity index (χ3n) is 6.37. The monoisotopic (exact) mass is 459 g/mol. The number of hydrogen-bond acceptors (Lipinski definition) is 5. The smallest absolute Gasteiger partial charge is 0.254 e. The Balaban J connectivity index is 1.66. The maximum Gasteiger partial charge on any atom is 0.254 e. The summed E-state index contributed by atoms with van der Waals surface area (Å²) in [7, 11) is -1.97. The summed E-state index contributed by atoms with van der Waals surface area (Å²) in [4.78, 5) is 17.1. The molecule has 7 nitrogen and oxygen atoms in total. The molecule has 2 aliphatic heterocycles. The summed E-state index contributed by atoms with van der Waals surface area (Å²) in [5, 5.41) is 0. The van der Waals surface area contributed by atoms with Crippen LogP contribution in [0.2, 0.25) is 0 Å². The number of anilines is 1. The molecular formula is C24H33N3O4S. The Morgan fingerprint density at radius 1 is 0.969 bits per heavy atom. The first-order chi connectivity index (χ1) is 15.4. The topological polar surface area (TPSA) is 74.1 Å². The molecule has 0 saturated carbocycles. The number of piperidine rings is 2. The van der Waals surface area contributed by atoms with Gasteiger partial charge in [0.2, 0.25) is 10.0 Å². The summed E-state index contributed by atoms with van der Waals surface area (Å²) in [5.41, 5.74) is 1.10. The van der Waals surface area contributed by atoms with E-state index in [1.807, 2.05) is 25.1 Å². The molecule has 0 atom stereocenters. The Morgan fingerprint density at radius 2 is 1.62 bits per heavy atom. The summed E-state index contributed by atoms with van der Waals surface area (Å²) in [6, 6.07) is 8.88. The Morgan fingerprint density at radius 3 is 2.25 bits per heavy atom. The summed E-state index contributed by atoms with van der Waals surface area (Å²) in [6.07, 6.45) is 6.08. The molecule has 2 aromatic rings. The van der Waals surface area contributed by atoms with E-state index in [2.05, 4.69) is 4.90 Å². The van der Waals surface area contributed by atoms with Gasteiger partial charge in [-0.3, -0.25) is 4.79 Å². The summed E-state index contributed by atoms with van der Waals surface area (Å²) in [6.45, 7) is 4.95. The van der Waals surface area contributed by atoms with Crippen LogP contribution in [0, 0.1) is 6.92 Å². The predicted molar refractivity (Wildman–Crippen MR) is 124 cm³/mol. The number of carbonyl (C=O) groups is 1. The second kappa shape index (κ2) is 9.67. The lowest BCUT2D eigenvalue weighted by atomic mass is 10.1. The minimum atomic E-state index is -3.68. The van der Waals surface area contributed by atoms with E-state index in [1.54, 1.807) is 28.4 Å². The SMILES string of the molecule is Cc1ccc(CN(C)C(=O)c2ccc(N3CCCCC3)c(S(=O)(=O)N3CCCCC3)c2)o1. The maximum absolute atomic E-state index is 13.6. The minimum absolute atomic E-state index is 0.223. The van der Waals surface area contributed by atoms with Gasteiger partial charge >= 0.3 is 0 Å². The Kier molecular flexibility index (Phi) is 6.90. The lowest BCUT2D eigenvalue weighted by Gasteiger charge is -2.33. The Labute approximate surface area is 191 Å². The van der Waals surface area contributed by atoms with Crippen molar-refractivity contribution < 1.29 is 17.6 Å². The van der Waals surface area contributed by atoms with Crippen LogP contribution in [0.25, 0.3) is 0 Å². The van der Waals surface area contributed by atoms with Gasteiger partial charge in [0.1, 0.15) is 16.4 Å². The number of nitrogens with zero attached hydrogens (tertiary/aromatic N) is 3. The zero-order valence-corrected chi connectivity index (χ0v) is 19.9. The third kappa shape index (κ3) is 4.86. The highest BCUT2D eigenvalue weighted by atomic mass is 32.2. The lowest BCUT2D eigenvalue weighted by Crippen LogP contribution is -2.38. The van der Waals surface area contributed by atoms with Gasteiger partial charge < -0.3 is 14.2 Å². The fourth-order valence-electron chi connectivity index (χ4n) is 4.59. The number of rotatable bonds is 6. The molecule has 2 fully saturated rings. The van der Waals surface area contributed by atoms with Crippen LogP contribution < -0.4 is 4.90 Å². The average molecular weight is 460 g/mol. The van der Waals surface area contributed by atoms with Crippen molar-refractivity contribution in [2.75, 3.05) is 38.1 Å². The van der Waals surface area contributed by atoms with Crippen molar-refractivity contribution in [1.82, 2.24) is 9.21 Å². The summed E-state index contributed by atoms with van der Waals surface area (Å²) < 4.78 is 34.5. The van der Waals surface area contributed by atoms with Gasteiger partial charge in [0, 0.05) is 38.8 Å². The van der Waals surface area contributed by atoms with Crippen LogP contribution in [0.4, 0.5) is 5.69 Å². The Hall–Kier alpha value is -2.32. The minimum Gasteiger partial charge on any atom is -0.464 e. The van der Waals surface area contributed by atoms with E-state index in [1.165, 1.54) is 6.42 Å². The summed E-state index contributed by atoms with van der Waals surface area (Å²) >= 11 is 0. The third-order valence-corrected chi connectivity index (χ3v) is 8.30. The van der Waals surface area contributed by atoms with E-state index >= 15 is 0 Å². The average Bonchev–Trinajstić information content (AvgIpc) is 3.23. The first-order valence-corrected chi connectivity index (χ1v) is 13.0. The van der Waals surface area contributed by atoms with Crippen molar-refractivity contribution in [3.8, 4) is 0 Å². The van der Waals surface area contributed by atoms with Crippen LogP contribution in [0.15, 0.2) is 39.6 Å². The van der Waals surface area contributed by atoms with E-state index in [0.717, 1.165) is 56.6 Å². The molecule has 2 saturated heterocycles. The molecule has 1 aromatic carbocycles. The zero-order chi connectivity index (χ0) is 22.7. The van der Waals surface area contributed by atoms with Crippen molar-refractivity contribution in [2.45, 2.75) is 56.9 Å². The van der Waals surface area contributed by atoms with Gasteiger partial charge in [0.05, 0.1) is 12.2 Å². The highest BCUT2D eigenvalue weighted by Gasteiger charge is 2.31. The van der Waals surface area contributed by atoms with Crippen molar-refractivity contribution >= 4 is 21.6 Å². The van der Waals surface area contributed by atoms with Gasteiger partial charge in [0.15, 0.2) is 0 Å². The molecule has 2 aliphatic rings. The molecule has 3 heterocycles. The standard InChI is InChI=1S/C24H33N3O4S/c1-19-9-11-21(31-19)18-25(2)24(28)20-10-12-22(26-13-5-3-6-14-26)23(17-20)32(29,30)27-15-7-4-8-16-27/h9-12,17H,3-8,13-16,18H2,1-2H3. The number of hydrogen-bond donors (Lipinski definition) is 0. The van der Waals surface area contributed by atoms with Gasteiger partial charge in [-0.25, -0.2) is 8.42 Å². The number of sulfonamides is 1. The predicted octanol–water partition coefficient (Wildman–Crippen LogP) is 4.03. The molecule has 0 unspecified atom stereocenters. The fraction of sp³-hybridized carbons (Fsp3) is 0.542. The van der Waals surface area contributed by atoms with Gasteiger partial charge in [0.25, 0.3) is 5.91 Å². The van der Waals surface area contributed by atoms with Gasteiger partial charge in [-0.2, -0.15) is 4.31 Å². The molecule has 0 bridgehead atoms. The van der Waals surface area contributed by atoms with E-state index < -0.39 is 10.0 Å². The fourth-order valence-corrected chi connectivity index (χ4v) is 6.34. The van der Waals surface area contributed by atoms with Crippen LogP contribution in [-0.4, -0.2) is 56.8 Å². The molecule has 0 radical (unpaired) electrons. The molecule has 8 heteroatoms. The van der Waals surface area contributed by atoms with E-state index in [-0.39, 0.29) is 10.8 Å². The molecule has 32 heavy (non-hydrogen) atoms. The number of furan rings is 1. The zero-order valence-electron chi connectivity index (χ0n) is 19.0. The van der Waals surface area contributed by atoms with Gasteiger partial charge in [-0.05, 0) is 69.4 Å². The molecule has 0 spiro atoms. The van der Waals surface area contributed by atoms with Crippen molar-refractivity contribution in [1.29, 1.82) is 0 Å². The number of aryl methyl sites for hydroxylation is 1. The molecule has 174 valence electrons. The molecule has 4 rings (SSSR count). The largest absolute Gasteiger partial charge is 0.464 e. The van der Waals surface area contributed by atoms with Crippen LogP contribution >= 0.6 is 0 Å². The number of amides is 1. The first-order valence-electron chi connectivity index (χ1n) is 11.6. The van der Waals surface area contributed by atoms with Crippen LogP contribution in [0.1, 0.15) is 60.4 Å². The second-order valence-corrected chi connectivity index (χ2v) is 10.8. The normalized spacial score (nSPS) is 18.0. The van der Waals surface area contributed by atoms with Gasteiger partial charge in [-0.1, -0.05) is 6.42 Å².